The number of hydrogen-bond donors (Lipinski definition) is 2. The summed E-state index contributed by atoms with van der Waals surface area (Å²) in [7, 11) is 4.76. The van der Waals surface area contributed by atoms with Gasteiger partial charge in [0.1, 0.15) is 5.75 Å². The lowest BCUT2D eigenvalue weighted by atomic mass is 9.64. The van der Waals surface area contributed by atoms with Crippen molar-refractivity contribution in [3.05, 3.63) is 100 Å². The monoisotopic (exact) mass is 697 g/mol. The quantitative estimate of drug-likeness (QED) is 0.158. The SMILES string of the molecule is CCCN(CC1(O)CCC2c3ccc(cc3C(=O)c3ccc(OC)cc3)CC(O)CCC(C)=CCCC21C)C(=O)Cc1ccc(OC)c(OC)c1. The molecular weight excluding hydrogens is 642 g/mol. The first-order valence-electron chi connectivity index (χ1n) is 18.3. The van der Waals surface area contributed by atoms with E-state index in [2.05, 4.69) is 19.9 Å². The average molecular weight is 698 g/mol. The summed E-state index contributed by atoms with van der Waals surface area (Å²) in [5.74, 6) is 1.55. The van der Waals surface area contributed by atoms with E-state index in [0.717, 1.165) is 36.0 Å². The molecule has 3 aromatic rings. The molecule has 1 fully saturated rings. The van der Waals surface area contributed by atoms with Crippen molar-refractivity contribution < 1.29 is 34.0 Å². The molecule has 2 N–H and O–H groups in total. The van der Waals surface area contributed by atoms with Gasteiger partial charge in [0.25, 0.3) is 0 Å². The van der Waals surface area contributed by atoms with Crippen LogP contribution in [0.3, 0.4) is 0 Å². The largest absolute Gasteiger partial charge is 0.497 e. The highest BCUT2D eigenvalue weighted by atomic mass is 16.5. The molecule has 2 bridgehead atoms. The predicted octanol–water partition coefficient (Wildman–Crippen LogP) is 7.46. The predicted molar refractivity (Wildman–Crippen MR) is 200 cm³/mol. The number of ketones is 1. The fraction of sp³-hybridized carbons (Fsp3) is 0.488. The third-order valence-corrected chi connectivity index (χ3v) is 11.4. The Balaban J connectivity index is 1.53. The average Bonchev–Trinajstić information content (AvgIpc) is 3.38. The lowest BCUT2D eigenvalue weighted by Gasteiger charge is -2.46. The van der Waals surface area contributed by atoms with Gasteiger partial charge in [0, 0.05) is 29.6 Å². The highest BCUT2D eigenvalue weighted by Crippen LogP contribution is 2.59. The Bertz CT molecular complexity index is 1720. The van der Waals surface area contributed by atoms with Gasteiger partial charge in [-0.3, -0.25) is 9.59 Å². The van der Waals surface area contributed by atoms with Crippen molar-refractivity contribution in [2.75, 3.05) is 34.4 Å². The van der Waals surface area contributed by atoms with Crippen LogP contribution in [0.1, 0.15) is 104 Å². The number of hydrogen-bond acceptors (Lipinski definition) is 7. The van der Waals surface area contributed by atoms with E-state index in [1.165, 1.54) is 5.57 Å². The number of amides is 1. The Kier molecular flexibility index (Phi) is 12.3. The summed E-state index contributed by atoms with van der Waals surface area (Å²) >= 11 is 0. The summed E-state index contributed by atoms with van der Waals surface area (Å²) in [5, 5.41) is 23.8. The molecule has 0 saturated heterocycles. The van der Waals surface area contributed by atoms with Crippen molar-refractivity contribution in [2.24, 2.45) is 5.41 Å². The first-order valence-corrected chi connectivity index (χ1v) is 18.3. The zero-order valence-corrected chi connectivity index (χ0v) is 31.2. The topological polar surface area (TPSA) is 106 Å². The van der Waals surface area contributed by atoms with Gasteiger partial charge in [-0.25, -0.2) is 0 Å². The summed E-state index contributed by atoms with van der Waals surface area (Å²) in [6.07, 6.45) is 7.08. The van der Waals surface area contributed by atoms with E-state index in [0.29, 0.717) is 67.0 Å². The molecule has 3 aliphatic carbocycles. The van der Waals surface area contributed by atoms with Crippen LogP contribution in [-0.4, -0.2) is 72.9 Å². The van der Waals surface area contributed by atoms with Gasteiger partial charge in [-0.15, -0.1) is 0 Å². The van der Waals surface area contributed by atoms with E-state index in [4.69, 9.17) is 14.2 Å². The molecule has 0 radical (unpaired) electrons. The summed E-state index contributed by atoms with van der Waals surface area (Å²) in [6, 6.07) is 18.7. The lowest BCUT2D eigenvalue weighted by molar-refractivity contribution is -0.139. The molecule has 8 heteroatoms. The number of rotatable bonds is 11. The number of aliphatic hydroxyl groups excluding tert-OH is 1. The summed E-state index contributed by atoms with van der Waals surface area (Å²) in [5.41, 5.74) is 3.15. The maximum atomic E-state index is 14.3. The van der Waals surface area contributed by atoms with Crippen LogP contribution >= 0.6 is 0 Å². The van der Waals surface area contributed by atoms with Crippen LogP contribution in [0.5, 0.6) is 17.2 Å². The maximum absolute atomic E-state index is 14.3. The molecule has 8 nitrogen and oxygen atoms in total. The third-order valence-electron chi connectivity index (χ3n) is 11.4. The van der Waals surface area contributed by atoms with Crippen LogP contribution in [-0.2, 0) is 17.6 Å². The third kappa shape index (κ3) is 8.34. The number of carbonyl (C=O) groups excluding carboxylic acids is 2. The van der Waals surface area contributed by atoms with Gasteiger partial charge in [0.2, 0.25) is 5.91 Å². The van der Waals surface area contributed by atoms with E-state index < -0.39 is 17.1 Å². The van der Waals surface area contributed by atoms with Crippen molar-refractivity contribution >= 4 is 11.7 Å². The van der Waals surface area contributed by atoms with Crippen molar-refractivity contribution in [1.29, 1.82) is 0 Å². The van der Waals surface area contributed by atoms with Gasteiger partial charge < -0.3 is 29.3 Å². The molecular formula is C43H55NO7. The number of nitrogens with zero attached hydrogens (tertiary/aromatic N) is 1. The fourth-order valence-electron chi connectivity index (χ4n) is 8.25. The van der Waals surface area contributed by atoms with Gasteiger partial charge in [0.15, 0.2) is 17.3 Å². The van der Waals surface area contributed by atoms with Crippen molar-refractivity contribution in [3.8, 4) is 17.2 Å². The number of ether oxygens (including phenoxy) is 3. The zero-order chi connectivity index (χ0) is 36.8. The van der Waals surface area contributed by atoms with Crippen LogP contribution < -0.4 is 14.2 Å². The molecule has 0 aliphatic heterocycles. The molecule has 3 aromatic carbocycles. The molecule has 0 spiro atoms. The van der Waals surface area contributed by atoms with Crippen LogP contribution in [0.4, 0.5) is 0 Å². The Morgan fingerprint density at radius 2 is 1.67 bits per heavy atom. The van der Waals surface area contributed by atoms with Crippen LogP contribution in [0.2, 0.25) is 0 Å². The second kappa shape index (κ2) is 16.5. The first kappa shape index (κ1) is 38.1. The van der Waals surface area contributed by atoms with Crippen LogP contribution in [0, 0.1) is 5.41 Å². The van der Waals surface area contributed by atoms with E-state index in [9.17, 15) is 19.8 Å². The maximum Gasteiger partial charge on any atom is 0.227 e. The second-order valence-corrected chi connectivity index (χ2v) is 14.7. The van der Waals surface area contributed by atoms with Gasteiger partial charge >= 0.3 is 0 Å². The normalized spacial score (nSPS) is 23.5. The minimum atomic E-state index is -1.20. The fourth-order valence-corrected chi connectivity index (χ4v) is 8.25. The summed E-state index contributed by atoms with van der Waals surface area (Å²) in [6.45, 7) is 7.03. The molecule has 3 aliphatic rings. The number of fused-ring (bicyclic) bond motifs is 8. The van der Waals surface area contributed by atoms with Gasteiger partial charge in [0.05, 0.1) is 39.5 Å². The van der Waals surface area contributed by atoms with Gasteiger partial charge in [-0.05, 0) is 123 Å². The van der Waals surface area contributed by atoms with E-state index in [1.54, 1.807) is 45.6 Å². The number of carbonyl (C=O) groups is 2. The number of methoxy groups -OCH3 is 3. The molecule has 0 heterocycles. The molecule has 51 heavy (non-hydrogen) atoms. The molecule has 4 unspecified atom stereocenters. The van der Waals surface area contributed by atoms with E-state index >= 15 is 0 Å². The Hall–Kier alpha value is -4.14. The Labute approximate surface area is 303 Å². The van der Waals surface area contributed by atoms with Crippen LogP contribution in [0.25, 0.3) is 0 Å². The summed E-state index contributed by atoms with van der Waals surface area (Å²) < 4.78 is 16.2. The number of aliphatic hydroxyl groups is 2. The zero-order valence-electron chi connectivity index (χ0n) is 31.2. The minimum Gasteiger partial charge on any atom is -0.497 e. The highest BCUT2D eigenvalue weighted by molar-refractivity contribution is 6.10. The number of allylic oxidation sites excluding steroid dienone is 2. The Morgan fingerprint density at radius 1 is 0.922 bits per heavy atom. The summed E-state index contributed by atoms with van der Waals surface area (Å²) in [4.78, 5) is 30.2. The molecule has 274 valence electrons. The van der Waals surface area contributed by atoms with Gasteiger partial charge in [-0.1, -0.05) is 43.7 Å². The van der Waals surface area contributed by atoms with E-state index in [1.807, 2.05) is 48.2 Å². The van der Waals surface area contributed by atoms with Crippen molar-refractivity contribution in [2.45, 2.75) is 96.2 Å². The Morgan fingerprint density at radius 3 is 2.35 bits per heavy atom. The van der Waals surface area contributed by atoms with Crippen molar-refractivity contribution in [1.82, 2.24) is 4.90 Å². The van der Waals surface area contributed by atoms with Gasteiger partial charge in [-0.2, -0.15) is 0 Å². The minimum absolute atomic E-state index is 0.0561. The number of benzene rings is 3. The lowest BCUT2D eigenvalue weighted by Crippen LogP contribution is -2.54. The first-order chi connectivity index (χ1) is 24.4. The molecule has 4 atom stereocenters. The molecule has 1 saturated carbocycles. The van der Waals surface area contributed by atoms with Crippen LogP contribution in [0.15, 0.2) is 72.3 Å². The van der Waals surface area contributed by atoms with E-state index in [-0.39, 0.29) is 30.6 Å². The smallest absolute Gasteiger partial charge is 0.227 e. The molecule has 0 aromatic heterocycles. The molecule has 1 amide bonds. The van der Waals surface area contributed by atoms with Crippen molar-refractivity contribution in [3.63, 3.8) is 0 Å². The standard InChI is InChI=1S/C43H55NO7/c1-7-23-44(40(46)27-31-12-19-38(50-5)39(26-31)51-6)28-43(48)22-20-37-35-18-11-30(24-33(45)15-10-29(2)9-8-21-42(37,43)3)25-36(35)41(47)32-13-16-34(49-4)17-14-32/h9,11-14,16-19,25-26,33,37,45,48H,7-8,10,15,20-24,27-28H2,1-6H3. The second-order valence-electron chi connectivity index (χ2n) is 14.7. The highest BCUT2D eigenvalue weighted by Gasteiger charge is 2.57. The molecule has 6 rings (SSSR count).